The largest absolute Gasteiger partial charge is 0.464 e. The Hall–Kier alpha value is -1.70. The van der Waals surface area contributed by atoms with Gasteiger partial charge in [-0.1, -0.05) is 12.1 Å². The van der Waals surface area contributed by atoms with Crippen molar-refractivity contribution in [1.29, 1.82) is 0 Å². The van der Waals surface area contributed by atoms with Gasteiger partial charge in [0.2, 0.25) is 0 Å². The molecular weight excluding hydrogens is 357 g/mol. The van der Waals surface area contributed by atoms with Crippen LogP contribution < -0.4 is 10.1 Å². The van der Waals surface area contributed by atoms with Gasteiger partial charge in [0, 0.05) is 3.57 Å². The van der Waals surface area contributed by atoms with E-state index in [9.17, 15) is 4.79 Å². The fourth-order valence-electron chi connectivity index (χ4n) is 1.43. The lowest BCUT2D eigenvalue weighted by Gasteiger charge is -2.06. The van der Waals surface area contributed by atoms with E-state index in [4.69, 9.17) is 4.74 Å². The smallest absolute Gasteiger partial charge is 0.316 e. The number of hydrogen-bond acceptors (Lipinski definition) is 4. The Bertz CT molecular complexity index is 572. The van der Waals surface area contributed by atoms with Crippen molar-refractivity contribution < 1.29 is 9.53 Å². The normalized spacial score (nSPS) is 10.0. The topological polar surface area (TPSA) is 64.1 Å². The summed E-state index contributed by atoms with van der Waals surface area (Å²) in [5, 5.41) is 2.74. The first-order chi connectivity index (χ1) is 9.20. The Morgan fingerprint density at radius 1 is 1.32 bits per heavy atom. The third kappa shape index (κ3) is 3.63. The van der Waals surface area contributed by atoms with Gasteiger partial charge in [-0.25, -0.2) is 9.97 Å². The van der Waals surface area contributed by atoms with E-state index in [0.29, 0.717) is 23.9 Å². The van der Waals surface area contributed by atoms with Crippen LogP contribution in [0.25, 0.3) is 0 Å². The summed E-state index contributed by atoms with van der Waals surface area (Å²) in [7, 11) is 0. The molecule has 0 aliphatic rings. The molecule has 0 fully saturated rings. The molecule has 5 nitrogen and oxygen atoms in total. The molecule has 0 aliphatic heterocycles. The number of nitrogens with one attached hydrogen (secondary N) is 1. The van der Waals surface area contributed by atoms with Gasteiger partial charge in [-0.3, -0.25) is 4.79 Å². The van der Waals surface area contributed by atoms with Crippen LogP contribution >= 0.6 is 22.6 Å². The molecule has 2 aromatic rings. The Morgan fingerprint density at radius 3 is 2.63 bits per heavy atom. The highest BCUT2D eigenvalue weighted by Gasteiger charge is 2.09. The van der Waals surface area contributed by atoms with Crippen molar-refractivity contribution in [3.8, 4) is 6.01 Å². The lowest BCUT2D eigenvalue weighted by atomic mass is 10.2. The standard InChI is InChI=1S/C13H12IN3O2/c1-2-19-13-15-7-9(8-16-13)17-12(18)10-5-3-4-6-11(10)14/h3-8H,2H2,1H3,(H,17,18). The van der Waals surface area contributed by atoms with Crippen LogP contribution in [-0.4, -0.2) is 22.5 Å². The van der Waals surface area contributed by atoms with Gasteiger partial charge in [0.1, 0.15) is 0 Å². The Kier molecular flexibility index (Phi) is 4.67. The molecule has 1 aromatic heterocycles. The van der Waals surface area contributed by atoms with Gasteiger partial charge in [0.15, 0.2) is 0 Å². The molecule has 0 radical (unpaired) electrons. The van der Waals surface area contributed by atoms with E-state index in [1.165, 1.54) is 12.4 Å². The second-order valence-corrected chi connectivity index (χ2v) is 4.78. The average molecular weight is 369 g/mol. The summed E-state index contributed by atoms with van der Waals surface area (Å²) < 4.78 is 6.03. The number of nitrogens with zero attached hydrogens (tertiary/aromatic N) is 2. The molecule has 1 N–H and O–H groups in total. The van der Waals surface area contributed by atoms with E-state index in [1.807, 2.05) is 25.1 Å². The summed E-state index contributed by atoms with van der Waals surface area (Å²) in [6, 6.07) is 7.66. The fourth-order valence-corrected chi connectivity index (χ4v) is 2.06. The van der Waals surface area contributed by atoms with Gasteiger partial charge in [0.25, 0.3) is 5.91 Å². The average Bonchev–Trinajstić information content (AvgIpc) is 2.42. The first kappa shape index (κ1) is 13.7. The molecule has 0 unspecified atom stereocenters. The van der Waals surface area contributed by atoms with Crippen LogP contribution in [-0.2, 0) is 0 Å². The van der Waals surface area contributed by atoms with Gasteiger partial charge in [-0.2, -0.15) is 0 Å². The monoisotopic (exact) mass is 369 g/mol. The Labute approximate surface area is 124 Å². The molecule has 6 heteroatoms. The van der Waals surface area contributed by atoms with Gasteiger partial charge < -0.3 is 10.1 Å². The fraction of sp³-hybridized carbons (Fsp3) is 0.154. The van der Waals surface area contributed by atoms with E-state index in [1.54, 1.807) is 6.07 Å². The lowest BCUT2D eigenvalue weighted by molar-refractivity contribution is 0.102. The van der Waals surface area contributed by atoms with Crippen molar-refractivity contribution in [2.24, 2.45) is 0 Å². The number of ether oxygens (including phenoxy) is 1. The number of carbonyl (C=O) groups excluding carboxylic acids is 1. The molecule has 0 saturated carbocycles. The number of benzene rings is 1. The Morgan fingerprint density at radius 2 is 2.00 bits per heavy atom. The predicted molar refractivity (Wildman–Crippen MR) is 80.3 cm³/mol. The zero-order chi connectivity index (χ0) is 13.7. The van der Waals surface area contributed by atoms with Crippen LogP contribution in [0.2, 0.25) is 0 Å². The van der Waals surface area contributed by atoms with E-state index in [-0.39, 0.29) is 5.91 Å². The van der Waals surface area contributed by atoms with E-state index < -0.39 is 0 Å². The summed E-state index contributed by atoms with van der Waals surface area (Å²) >= 11 is 2.12. The maximum absolute atomic E-state index is 12.0. The molecule has 1 amide bonds. The number of anilines is 1. The lowest BCUT2D eigenvalue weighted by Crippen LogP contribution is -2.13. The quantitative estimate of drug-likeness (QED) is 0.842. The Balaban J connectivity index is 2.09. The molecule has 0 atom stereocenters. The molecular formula is C13H12IN3O2. The van der Waals surface area contributed by atoms with E-state index in [2.05, 4.69) is 37.9 Å². The highest BCUT2D eigenvalue weighted by Crippen LogP contribution is 2.14. The SMILES string of the molecule is CCOc1ncc(NC(=O)c2ccccc2I)cn1. The third-order valence-electron chi connectivity index (χ3n) is 2.28. The minimum absolute atomic E-state index is 0.183. The number of rotatable bonds is 4. The van der Waals surface area contributed by atoms with Crippen LogP contribution in [0, 0.1) is 3.57 Å². The second-order valence-electron chi connectivity index (χ2n) is 3.62. The number of aromatic nitrogens is 2. The van der Waals surface area contributed by atoms with Crippen molar-refractivity contribution in [3.63, 3.8) is 0 Å². The highest BCUT2D eigenvalue weighted by molar-refractivity contribution is 14.1. The summed E-state index contributed by atoms with van der Waals surface area (Å²) in [5.41, 5.74) is 1.16. The molecule has 0 aliphatic carbocycles. The van der Waals surface area contributed by atoms with Gasteiger partial charge in [-0.05, 0) is 41.6 Å². The minimum atomic E-state index is -0.183. The third-order valence-corrected chi connectivity index (χ3v) is 3.22. The van der Waals surface area contributed by atoms with Crippen molar-refractivity contribution >= 4 is 34.2 Å². The van der Waals surface area contributed by atoms with E-state index >= 15 is 0 Å². The zero-order valence-electron chi connectivity index (χ0n) is 10.3. The van der Waals surface area contributed by atoms with Crippen molar-refractivity contribution in [2.45, 2.75) is 6.92 Å². The predicted octanol–water partition coefficient (Wildman–Crippen LogP) is 2.73. The molecule has 98 valence electrons. The summed E-state index contributed by atoms with van der Waals surface area (Å²) in [5.74, 6) is -0.183. The summed E-state index contributed by atoms with van der Waals surface area (Å²) in [4.78, 5) is 20.0. The van der Waals surface area contributed by atoms with Crippen LogP contribution in [0.5, 0.6) is 6.01 Å². The molecule has 19 heavy (non-hydrogen) atoms. The van der Waals surface area contributed by atoms with Crippen molar-refractivity contribution in [3.05, 3.63) is 45.8 Å². The molecule has 2 rings (SSSR count). The highest BCUT2D eigenvalue weighted by atomic mass is 127. The van der Waals surface area contributed by atoms with Crippen molar-refractivity contribution in [2.75, 3.05) is 11.9 Å². The number of halogens is 1. The van der Waals surface area contributed by atoms with E-state index in [0.717, 1.165) is 3.57 Å². The molecule has 0 saturated heterocycles. The van der Waals surface area contributed by atoms with Crippen LogP contribution in [0.1, 0.15) is 17.3 Å². The number of amides is 1. The van der Waals surface area contributed by atoms with Gasteiger partial charge in [0.05, 0.1) is 30.3 Å². The first-order valence-corrected chi connectivity index (χ1v) is 6.79. The van der Waals surface area contributed by atoms with Crippen molar-refractivity contribution in [1.82, 2.24) is 9.97 Å². The maximum atomic E-state index is 12.0. The molecule has 1 aromatic carbocycles. The summed E-state index contributed by atoms with van der Waals surface area (Å²) in [6.07, 6.45) is 3.04. The molecule has 1 heterocycles. The van der Waals surface area contributed by atoms with Crippen LogP contribution in [0.3, 0.4) is 0 Å². The molecule has 0 spiro atoms. The summed E-state index contributed by atoms with van der Waals surface area (Å²) in [6.45, 7) is 2.37. The van der Waals surface area contributed by atoms with Gasteiger partial charge >= 0.3 is 6.01 Å². The maximum Gasteiger partial charge on any atom is 0.316 e. The zero-order valence-corrected chi connectivity index (χ0v) is 12.4. The van der Waals surface area contributed by atoms with Crippen LogP contribution in [0.15, 0.2) is 36.7 Å². The number of hydrogen-bond donors (Lipinski definition) is 1. The first-order valence-electron chi connectivity index (χ1n) is 5.71. The van der Waals surface area contributed by atoms with Gasteiger partial charge in [-0.15, -0.1) is 0 Å². The minimum Gasteiger partial charge on any atom is -0.464 e. The number of carbonyl (C=O) groups is 1. The molecule has 0 bridgehead atoms. The van der Waals surface area contributed by atoms with Crippen LogP contribution in [0.4, 0.5) is 5.69 Å². The second kappa shape index (κ2) is 6.46.